The molecule has 2 heterocycles. The monoisotopic (exact) mass is 180 g/mol. The van der Waals surface area contributed by atoms with E-state index in [-0.39, 0.29) is 0 Å². The van der Waals surface area contributed by atoms with Crippen molar-refractivity contribution >= 4 is 23.8 Å². The molecule has 2 aliphatic heterocycles. The van der Waals surface area contributed by atoms with Crippen LogP contribution in [0.15, 0.2) is 0 Å². The van der Waals surface area contributed by atoms with Crippen LogP contribution >= 0.6 is 23.8 Å². The lowest BCUT2D eigenvalue weighted by Gasteiger charge is -1.75. The summed E-state index contributed by atoms with van der Waals surface area (Å²) < 4.78 is 4.36. The van der Waals surface area contributed by atoms with Gasteiger partial charge in [-0.15, -0.1) is 0 Å². The van der Waals surface area contributed by atoms with E-state index in [0.717, 1.165) is 12.4 Å². The Kier molecular flexibility index (Phi) is 5.52. The molecule has 2 fully saturated rings. The van der Waals surface area contributed by atoms with Gasteiger partial charge in [-0.05, 0) is 24.3 Å². The molecule has 2 nitrogen and oxygen atoms in total. The van der Waals surface area contributed by atoms with Gasteiger partial charge in [0.25, 0.3) is 0 Å². The van der Waals surface area contributed by atoms with Crippen molar-refractivity contribution < 1.29 is 9.22 Å². The standard InChI is InChI=1S/C4H8S.C2H4O2S/c1-2-4-5-3-1;1-2-5-4-3-1/h1-4H2;1-2H2. The molecule has 2 rings (SSSR count). The van der Waals surface area contributed by atoms with Crippen LogP contribution in [-0.4, -0.2) is 23.9 Å². The quantitative estimate of drug-likeness (QED) is 0.419. The molecule has 0 spiro atoms. The molecule has 0 radical (unpaired) electrons. The van der Waals surface area contributed by atoms with Crippen molar-refractivity contribution in [2.75, 3.05) is 23.9 Å². The van der Waals surface area contributed by atoms with Gasteiger partial charge in [-0.25, -0.2) is 4.89 Å². The van der Waals surface area contributed by atoms with E-state index in [0.29, 0.717) is 0 Å². The second-order valence-corrected chi connectivity index (χ2v) is 4.04. The van der Waals surface area contributed by atoms with Crippen LogP contribution in [0.4, 0.5) is 0 Å². The van der Waals surface area contributed by atoms with Crippen LogP contribution in [0.1, 0.15) is 12.8 Å². The minimum Gasteiger partial charge on any atom is -0.223 e. The predicted molar refractivity (Wildman–Crippen MR) is 46.1 cm³/mol. The summed E-state index contributed by atoms with van der Waals surface area (Å²) in [7, 11) is 0. The summed E-state index contributed by atoms with van der Waals surface area (Å²) in [5.74, 6) is 3.81. The van der Waals surface area contributed by atoms with Gasteiger partial charge in [0, 0.05) is 17.8 Å². The molecule has 0 N–H and O–H groups in total. The first-order valence-corrected chi connectivity index (χ1v) is 5.55. The van der Waals surface area contributed by atoms with Crippen LogP contribution in [0.2, 0.25) is 0 Å². The Balaban J connectivity index is 0.0000001000. The molecule has 2 saturated heterocycles. The second kappa shape index (κ2) is 6.34. The van der Waals surface area contributed by atoms with Crippen LogP contribution in [0.25, 0.3) is 0 Å². The Morgan fingerprint density at radius 1 is 1.00 bits per heavy atom. The van der Waals surface area contributed by atoms with Gasteiger partial charge < -0.3 is 0 Å². The van der Waals surface area contributed by atoms with Crippen LogP contribution < -0.4 is 0 Å². The highest BCUT2D eigenvalue weighted by atomic mass is 32.2. The molecule has 0 bridgehead atoms. The fraction of sp³-hybridized carbons (Fsp3) is 1.00. The Bertz CT molecular complexity index is 46.9. The average molecular weight is 180 g/mol. The molecular weight excluding hydrogens is 168 g/mol. The van der Waals surface area contributed by atoms with Crippen molar-refractivity contribution in [3.8, 4) is 0 Å². The van der Waals surface area contributed by atoms with Gasteiger partial charge in [-0.3, -0.25) is 0 Å². The Morgan fingerprint density at radius 3 is 2.00 bits per heavy atom. The van der Waals surface area contributed by atoms with Gasteiger partial charge in [0.05, 0.1) is 6.61 Å². The van der Waals surface area contributed by atoms with Crippen LogP contribution in [0.5, 0.6) is 0 Å². The first-order valence-electron chi connectivity index (χ1n) is 3.49. The third-order valence-electron chi connectivity index (χ3n) is 1.17. The van der Waals surface area contributed by atoms with Gasteiger partial charge in [0.15, 0.2) is 0 Å². The number of rotatable bonds is 0. The number of thioether (sulfide) groups is 1. The zero-order chi connectivity index (χ0) is 7.07. The molecule has 0 aromatic rings. The molecule has 0 atom stereocenters. The SMILES string of the molecule is C1CCSC1.C1CSOO1. The van der Waals surface area contributed by atoms with E-state index in [1.54, 1.807) is 0 Å². The Hall–Kier alpha value is 0.620. The second-order valence-electron chi connectivity index (χ2n) is 2.03. The Morgan fingerprint density at radius 2 is 1.80 bits per heavy atom. The first-order chi connectivity index (χ1) is 5.00. The summed E-state index contributed by atoms with van der Waals surface area (Å²) in [6, 6.07) is 0. The maximum Gasteiger partial charge on any atom is 0.0948 e. The third-order valence-corrected chi connectivity index (χ3v) is 2.85. The van der Waals surface area contributed by atoms with E-state index < -0.39 is 0 Å². The van der Waals surface area contributed by atoms with E-state index in [4.69, 9.17) is 0 Å². The van der Waals surface area contributed by atoms with E-state index in [1.165, 1.54) is 36.4 Å². The summed E-state index contributed by atoms with van der Waals surface area (Å²) in [4.78, 5) is 4.41. The van der Waals surface area contributed by atoms with Crippen LogP contribution in [-0.2, 0) is 9.22 Å². The molecule has 60 valence electrons. The highest BCUT2D eigenvalue weighted by Crippen LogP contribution is 2.14. The number of hydrogen-bond donors (Lipinski definition) is 0. The summed E-state index contributed by atoms with van der Waals surface area (Å²) in [5, 5.41) is 0. The summed E-state index contributed by atoms with van der Waals surface area (Å²) >= 11 is 3.43. The Labute approximate surface area is 70.2 Å². The maximum absolute atomic E-state index is 4.41. The largest absolute Gasteiger partial charge is 0.223 e. The fourth-order valence-electron chi connectivity index (χ4n) is 0.680. The van der Waals surface area contributed by atoms with E-state index in [1.807, 2.05) is 0 Å². The lowest BCUT2D eigenvalue weighted by atomic mass is 10.4. The van der Waals surface area contributed by atoms with Crippen molar-refractivity contribution in [1.29, 1.82) is 0 Å². The first kappa shape index (κ1) is 8.71. The third kappa shape index (κ3) is 4.44. The number of hydrogen-bond acceptors (Lipinski definition) is 4. The van der Waals surface area contributed by atoms with Crippen molar-refractivity contribution in [3.63, 3.8) is 0 Å². The van der Waals surface area contributed by atoms with Crippen molar-refractivity contribution in [2.45, 2.75) is 12.8 Å². The molecule has 0 unspecified atom stereocenters. The molecule has 0 aromatic heterocycles. The molecular formula is C6H12O2S2. The van der Waals surface area contributed by atoms with Crippen molar-refractivity contribution in [1.82, 2.24) is 0 Å². The highest BCUT2D eigenvalue weighted by Gasteiger charge is 1.97. The molecule has 0 saturated carbocycles. The molecule has 2 aliphatic rings. The summed E-state index contributed by atoms with van der Waals surface area (Å²) in [5.41, 5.74) is 0. The van der Waals surface area contributed by atoms with Crippen LogP contribution in [0, 0.1) is 0 Å². The lowest BCUT2D eigenvalue weighted by Crippen LogP contribution is -1.76. The van der Waals surface area contributed by atoms with Crippen molar-refractivity contribution in [3.05, 3.63) is 0 Å². The van der Waals surface area contributed by atoms with Gasteiger partial charge in [-0.1, -0.05) is 0 Å². The predicted octanol–water partition coefficient (Wildman–Crippen LogP) is 2.11. The van der Waals surface area contributed by atoms with E-state index in [2.05, 4.69) is 21.0 Å². The fourth-order valence-corrected chi connectivity index (χ4v) is 2.04. The van der Waals surface area contributed by atoms with E-state index in [9.17, 15) is 0 Å². The topological polar surface area (TPSA) is 18.5 Å². The molecule has 0 aromatic carbocycles. The summed E-state index contributed by atoms with van der Waals surface area (Å²) in [6.45, 7) is 0.741. The molecule has 10 heavy (non-hydrogen) atoms. The van der Waals surface area contributed by atoms with Gasteiger partial charge in [0.1, 0.15) is 0 Å². The van der Waals surface area contributed by atoms with Gasteiger partial charge in [-0.2, -0.15) is 16.1 Å². The molecule has 0 amide bonds. The zero-order valence-corrected chi connectivity index (χ0v) is 7.51. The zero-order valence-electron chi connectivity index (χ0n) is 5.88. The normalized spacial score (nSPS) is 24.0. The molecule has 0 aliphatic carbocycles. The molecule has 4 heteroatoms. The smallest absolute Gasteiger partial charge is 0.0948 e. The van der Waals surface area contributed by atoms with Gasteiger partial charge in [0.2, 0.25) is 0 Å². The van der Waals surface area contributed by atoms with Gasteiger partial charge >= 0.3 is 0 Å². The van der Waals surface area contributed by atoms with Crippen molar-refractivity contribution in [2.24, 2.45) is 0 Å². The minimum atomic E-state index is 0.741. The summed E-state index contributed by atoms with van der Waals surface area (Å²) in [6.07, 6.45) is 2.93. The maximum atomic E-state index is 4.41. The lowest BCUT2D eigenvalue weighted by molar-refractivity contribution is -0.168. The average Bonchev–Trinajstić information content (AvgIpc) is 2.67. The van der Waals surface area contributed by atoms with Crippen LogP contribution in [0.3, 0.4) is 0 Å². The minimum absolute atomic E-state index is 0.741. The highest BCUT2D eigenvalue weighted by molar-refractivity contribution is 7.99. The van der Waals surface area contributed by atoms with E-state index >= 15 is 0 Å².